The molecule has 1 unspecified atom stereocenters. The van der Waals surface area contributed by atoms with Crippen molar-refractivity contribution in [3.63, 3.8) is 0 Å². The highest BCUT2D eigenvalue weighted by Crippen LogP contribution is 2.38. The molecule has 0 aliphatic carbocycles. The van der Waals surface area contributed by atoms with Crippen molar-refractivity contribution in [3.8, 4) is 0 Å². The first-order chi connectivity index (χ1) is 18.4. The number of unbranched alkanes of at least 4 members (excludes halogenated alkanes) is 2. The van der Waals surface area contributed by atoms with E-state index in [2.05, 4.69) is 5.32 Å². The molecule has 12 nitrogen and oxygen atoms in total. The average Bonchev–Trinajstić information content (AvgIpc) is 2.87. The molecule has 0 saturated carbocycles. The van der Waals surface area contributed by atoms with Gasteiger partial charge in [0, 0.05) is 19.4 Å². The zero-order valence-corrected chi connectivity index (χ0v) is 24.3. The molecule has 0 bridgehead atoms. The first-order valence-electron chi connectivity index (χ1n) is 13.1. The number of carbonyl (C=O) groups is 3. The Kier molecular flexibility index (Phi) is 16.6. The minimum absolute atomic E-state index is 0.0745. The second-order valence-corrected chi connectivity index (χ2v) is 11.3. The van der Waals surface area contributed by atoms with E-state index in [1.807, 2.05) is 58.4 Å². The van der Waals surface area contributed by atoms with Crippen LogP contribution in [0.3, 0.4) is 0 Å². The summed E-state index contributed by atoms with van der Waals surface area (Å²) in [6.07, 6.45) is 1.07. The number of nitrogens with one attached hydrogen (secondary N) is 1. The summed E-state index contributed by atoms with van der Waals surface area (Å²) in [5.74, 6) is -1.15. The van der Waals surface area contributed by atoms with E-state index in [-0.39, 0.29) is 45.6 Å². The lowest BCUT2D eigenvalue weighted by atomic mass is 10.2. The van der Waals surface area contributed by atoms with Crippen molar-refractivity contribution in [3.05, 3.63) is 35.9 Å². The topological polar surface area (TPSA) is 150 Å². The maximum Gasteiger partial charge on any atom is 0.407 e. The van der Waals surface area contributed by atoms with Gasteiger partial charge < -0.3 is 38.0 Å². The van der Waals surface area contributed by atoms with Crippen molar-refractivity contribution >= 4 is 25.9 Å². The third-order valence-corrected chi connectivity index (χ3v) is 6.15. The van der Waals surface area contributed by atoms with Crippen molar-refractivity contribution in [2.24, 2.45) is 0 Å². The minimum atomic E-state index is -4.66. The number of phosphoric acid groups is 1. The van der Waals surface area contributed by atoms with Gasteiger partial charge in [-0.25, -0.2) is 4.79 Å². The number of quaternary nitrogens is 1. The molecule has 0 heterocycles. The quantitative estimate of drug-likeness (QED) is 0.0810. The average molecular weight is 575 g/mol. The van der Waals surface area contributed by atoms with Crippen LogP contribution >= 0.6 is 7.82 Å². The van der Waals surface area contributed by atoms with Crippen LogP contribution in [0.4, 0.5) is 4.79 Å². The molecule has 0 radical (unpaired) electrons. The molecule has 0 fully saturated rings. The predicted octanol–water partition coefficient (Wildman–Crippen LogP) is 2.94. The molecule has 1 aromatic carbocycles. The second kappa shape index (κ2) is 18.7. The molecule has 13 heteroatoms. The lowest BCUT2D eigenvalue weighted by molar-refractivity contribution is -0.870. The summed E-state index contributed by atoms with van der Waals surface area (Å²) in [7, 11) is 0.983. The largest absolute Gasteiger partial charge is 0.756 e. The van der Waals surface area contributed by atoms with E-state index < -0.39 is 38.6 Å². The van der Waals surface area contributed by atoms with Crippen LogP contribution in [-0.2, 0) is 44.0 Å². The first-order valence-corrected chi connectivity index (χ1v) is 14.6. The second-order valence-electron chi connectivity index (χ2n) is 9.93. The Hall–Kier alpha value is -2.50. The van der Waals surface area contributed by atoms with E-state index in [1.165, 1.54) is 0 Å². The fourth-order valence-electron chi connectivity index (χ4n) is 2.97. The molecule has 39 heavy (non-hydrogen) atoms. The lowest BCUT2D eigenvalue weighted by Gasteiger charge is -2.28. The van der Waals surface area contributed by atoms with Crippen LogP contribution in [0.15, 0.2) is 30.3 Å². The Morgan fingerprint density at radius 3 is 2.31 bits per heavy atom. The van der Waals surface area contributed by atoms with Gasteiger partial charge in [-0.3, -0.25) is 14.2 Å². The molecule has 1 rings (SSSR count). The third kappa shape index (κ3) is 19.2. The fourth-order valence-corrected chi connectivity index (χ4v) is 3.70. The van der Waals surface area contributed by atoms with E-state index >= 15 is 0 Å². The predicted molar refractivity (Wildman–Crippen MR) is 141 cm³/mol. The van der Waals surface area contributed by atoms with Gasteiger partial charge in [-0.05, 0) is 18.4 Å². The number of hydrogen-bond donors (Lipinski definition) is 1. The highest BCUT2D eigenvalue weighted by atomic mass is 31.2. The Labute approximate surface area is 231 Å². The van der Waals surface area contributed by atoms with E-state index in [4.69, 9.17) is 23.3 Å². The van der Waals surface area contributed by atoms with Gasteiger partial charge in [0.25, 0.3) is 7.82 Å². The molecule has 2 atom stereocenters. The smallest absolute Gasteiger partial charge is 0.407 e. The number of carbonyl (C=O) groups excluding carboxylic acids is 3. The number of esters is 2. The number of amides is 1. The molecule has 0 aliphatic rings. The number of rotatable bonds is 20. The van der Waals surface area contributed by atoms with Gasteiger partial charge in [-0.1, -0.05) is 50.1 Å². The SMILES string of the molecule is CCCCCC(=O)OC[C@H](COP(=O)([O-])OCC[N+](C)(C)C)OC(=O)CCCNC(=O)OCc1ccccc1. The van der Waals surface area contributed by atoms with Crippen LogP contribution in [0.2, 0.25) is 0 Å². The highest BCUT2D eigenvalue weighted by molar-refractivity contribution is 7.45. The number of phosphoric ester groups is 1. The van der Waals surface area contributed by atoms with Gasteiger partial charge in [0.1, 0.15) is 26.4 Å². The molecular formula is C26H43N2O10P. The molecule has 0 spiro atoms. The number of nitrogens with zero attached hydrogens (tertiary/aromatic N) is 1. The summed E-state index contributed by atoms with van der Waals surface area (Å²) in [6.45, 7) is 1.70. The summed E-state index contributed by atoms with van der Waals surface area (Å²) in [5, 5.41) is 2.54. The molecule has 222 valence electrons. The number of likely N-dealkylation sites (N-methyl/N-ethyl adjacent to an activating group) is 1. The van der Waals surface area contributed by atoms with Crippen molar-refractivity contribution in [2.45, 2.75) is 58.2 Å². The van der Waals surface area contributed by atoms with Crippen LogP contribution in [0, 0.1) is 0 Å². The van der Waals surface area contributed by atoms with Crippen LogP contribution in [-0.4, -0.2) is 82.7 Å². The summed E-state index contributed by atoms with van der Waals surface area (Å²) in [6, 6.07) is 9.19. The molecule has 1 aromatic rings. The van der Waals surface area contributed by atoms with Crippen molar-refractivity contribution < 1.29 is 51.6 Å². The highest BCUT2D eigenvalue weighted by Gasteiger charge is 2.21. The molecule has 1 N–H and O–H groups in total. The Morgan fingerprint density at radius 2 is 1.64 bits per heavy atom. The first kappa shape index (κ1) is 34.5. The third-order valence-electron chi connectivity index (χ3n) is 5.18. The standard InChI is InChI=1S/C26H43N2O10P/c1-5-6-8-14-24(29)34-20-23(21-37-39(32,33)36-18-17-28(2,3)4)38-25(30)15-11-16-27-26(31)35-19-22-12-9-7-10-13-22/h7,9-10,12-13,23H,5-6,8,11,14-21H2,1-4H3,(H-,27,31,32,33)/t23-/m1/s1. The summed E-state index contributed by atoms with van der Waals surface area (Å²) >= 11 is 0. The van der Waals surface area contributed by atoms with Gasteiger partial charge in [-0.2, -0.15) is 0 Å². The van der Waals surface area contributed by atoms with Crippen molar-refractivity contribution in [1.29, 1.82) is 0 Å². The number of benzene rings is 1. The van der Waals surface area contributed by atoms with Crippen molar-refractivity contribution in [2.75, 3.05) is 54.1 Å². The zero-order chi connectivity index (χ0) is 29.2. The maximum absolute atomic E-state index is 12.3. The summed E-state index contributed by atoms with van der Waals surface area (Å²) in [5.41, 5.74) is 0.844. The monoisotopic (exact) mass is 574 g/mol. The van der Waals surface area contributed by atoms with Crippen LogP contribution in [0.1, 0.15) is 51.0 Å². The number of hydrogen-bond acceptors (Lipinski definition) is 10. The molecular weight excluding hydrogens is 531 g/mol. The molecule has 1 amide bonds. The van der Waals surface area contributed by atoms with Gasteiger partial charge in [0.2, 0.25) is 0 Å². The molecule has 0 aliphatic heterocycles. The zero-order valence-electron chi connectivity index (χ0n) is 23.4. The van der Waals surface area contributed by atoms with E-state index in [9.17, 15) is 23.8 Å². The van der Waals surface area contributed by atoms with Gasteiger partial charge in [-0.15, -0.1) is 0 Å². The summed E-state index contributed by atoms with van der Waals surface area (Å²) in [4.78, 5) is 48.2. The normalized spacial score (nSPS) is 13.7. The van der Waals surface area contributed by atoms with Crippen LogP contribution in [0.25, 0.3) is 0 Å². The lowest BCUT2D eigenvalue weighted by Crippen LogP contribution is -2.37. The molecule has 0 aromatic heterocycles. The maximum atomic E-state index is 12.3. The molecule has 0 saturated heterocycles. The minimum Gasteiger partial charge on any atom is -0.756 e. The van der Waals surface area contributed by atoms with Crippen LogP contribution < -0.4 is 10.2 Å². The van der Waals surface area contributed by atoms with Crippen LogP contribution in [0.5, 0.6) is 0 Å². The number of ether oxygens (including phenoxy) is 3. The Morgan fingerprint density at radius 1 is 0.949 bits per heavy atom. The van der Waals surface area contributed by atoms with Gasteiger partial charge in [0.15, 0.2) is 6.10 Å². The summed E-state index contributed by atoms with van der Waals surface area (Å²) < 4.78 is 37.9. The number of alkyl carbamates (subject to hydrolysis) is 1. The fraction of sp³-hybridized carbons (Fsp3) is 0.654. The van der Waals surface area contributed by atoms with E-state index in [1.54, 1.807) is 0 Å². The van der Waals surface area contributed by atoms with Gasteiger partial charge >= 0.3 is 18.0 Å². The van der Waals surface area contributed by atoms with Gasteiger partial charge in [0.05, 0.1) is 27.7 Å². The van der Waals surface area contributed by atoms with E-state index in [0.29, 0.717) is 17.4 Å². The van der Waals surface area contributed by atoms with E-state index in [0.717, 1.165) is 18.4 Å². The van der Waals surface area contributed by atoms with Crippen molar-refractivity contribution in [1.82, 2.24) is 5.32 Å². The Balaban J connectivity index is 2.47. The Bertz CT molecular complexity index is 908.